The second kappa shape index (κ2) is 3.11. The van der Waals surface area contributed by atoms with Crippen molar-refractivity contribution in [2.45, 2.75) is 32.4 Å². The molecular weight excluding hydrogens is 184 g/mol. The number of para-hydroxylation sites is 1. The summed E-state index contributed by atoms with van der Waals surface area (Å²) in [4.78, 5) is 0. The Balaban J connectivity index is 2.35. The average Bonchev–Trinajstić information content (AvgIpc) is 3.00. The predicted octanol–water partition coefficient (Wildman–Crippen LogP) is 2.74. The predicted molar refractivity (Wildman–Crippen MR) is 62.8 cm³/mol. The molecule has 2 heteroatoms. The largest absolute Gasteiger partial charge is 0.342 e. The number of benzene rings is 1. The van der Waals surface area contributed by atoms with E-state index in [4.69, 9.17) is 5.73 Å². The molecule has 1 aliphatic carbocycles. The third-order valence-electron chi connectivity index (χ3n) is 3.27. The fourth-order valence-electron chi connectivity index (χ4n) is 2.46. The van der Waals surface area contributed by atoms with Crippen LogP contribution in [0, 0.1) is 6.92 Å². The zero-order valence-corrected chi connectivity index (χ0v) is 9.03. The number of hydrogen-bond acceptors (Lipinski definition) is 1. The molecule has 1 aliphatic rings. The molecule has 0 spiro atoms. The first-order valence-corrected chi connectivity index (χ1v) is 5.61. The van der Waals surface area contributed by atoms with Gasteiger partial charge in [0.15, 0.2) is 0 Å². The lowest BCUT2D eigenvalue weighted by atomic mass is 10.1. The van der Waals surface area contributed by atoms with Gasteiger partial charge in [-0.05, 0) is 31.4 Å². The normalized spacial score (nSPS) is 16.1. The Labute approximate surface area is 89.7 Å². The highest BCUT2D eigenvalue weighted by molar-refractivity contribution is 5.84. The van der Waals surface area contributed by atoms with Crippen molar-refractivity contribution in [3.63, 3.8) is 0 Å². The van der Waals surface area contributed by atoms with Crippen LogP contribution in [0.2, 0.25) is 0 Å². The van der Waals surface area contributed by atoms with Crippen LogP contribution in [0.5, 0.6) is 0 Å². The molecule has 0 radical (unpaired) electrons. The fraction of sp³-hybridized carbons (Fsp3) is 0.385. The van der Waals surface area contributed by atoms with Crippen molar-refractivity contribution >= 4 is 10.9 Å². The minimum Gasteiger partial charge on any atom is -0.342 e. The lowest BCUT2D eigenvalue weighted by Gasteiger charge is -2.09. The monoisotopic (exact) mass is 200 g/mol. The number of hydrogen-bond donors (Lipinski definition) is 1. The van der Waals surface area contributed by atoms with Crippen LogP contribution in [0.4, 0.5) is 0 Å². The molecule has 0 amide bonds. The van der Waals surface area contributed by atoms with Gasteiger partial charge < -0.3 is 10.3 Å². The molecule has 0 saturated heterocycles. The maximum atomic E-state index is 5.80. The van der Waals surface area contributed by atoms with Gasteiger partial charge in [-0.15, -0.1) is 0 Å². The van der Waals surface area contributed by atoms with Crippen LogP contribution in [-0.4, -0.2) is 4.57 Å². The van der Waals surface area contributed by atoms with Crippen LogP contribution in [0.1, 0.15) is 30.1 Å². The van der Waals surface area contributed by atoms with Crippen LogP contribution in [0.3, 0.4) is 0 Å². The maximum Gasteiger partial charge on any atom is 0.0530 e. The molecule has 3 rings (SSSR count). The number of nitrogens with zero attached hydrogens (tertiary/aromatic N) is 1. The third kappa shape index (κ3) is 1.29. The Kier molecular flexibility index (Phi) is 1.86. The van der Waals surface area contributed by atoms with E-state index in [2.05, 4.69) is 35.8 Å². The van der Waals surface area contributed by atoms with Crippen molar-refractivity contribution in [2.75, 3.05) is 0 Å². The number of aromatic nitrogens is 1. The minimum absolute atomic E-state index is 0.632. The van der Waals surface area contributed by atoms with E-state index in [0.717, 1.165) is 6.04 Å². The first-order valence-electron chi connectivity index (χ1n) is 5.61. The summed E-state index contributed by atoms with van der Waals surface area (Å²) in [6, 6.07) is 9.42. The van der Waals surface area contributed by atoms with Gasteiger partial charge in [0.25, 0.3) is 0 Å². The number of rotatable bonds is 2. The van der Waals surface area contributed by atoms with E-state index < -0.39 is 0 Å². The number of nitrogens with two attached hydrogens (primary N) is 1. The van der Waals surface area contributed by atoms with Crippen LogP contribution in [0.25, 0.3) is 10.9 Å². The Morgan fingerprint density at radius 3 is 2.87 bits per heavy atom. The van der Waals surface area contributed by atoms with Gasteiger partial charge in [0, 0.05) is 23.7 Å². The SMILES string of the molecule is Cc1cc2cccc(CN)c2n1C1CC1. The minimum atomic E-state index is 0.632. The van der Waals surface area contributed by atoms with Crippen molar-refractivity contribution in [1.82, 2.24) is 4.57 Å². The van der Waals surface area contributed by atoms with E-state index in [0.29, 0.717) is 6.54 Å². The second-order valence-electron chi connectivity index (χ2n) is 4.45. The molecule has 1 heterocycles. The first kappa shape index (κ1) is 8.98. The van der Waals surface area contributed by atoms with Crippen LogP contribution >= 0.6 is 0 Å². The van der Waals surface area contributed by atoms with Crippen LogP contribution < -0.4 is 5.73 Å². The lowest BCUT2D eigenvalue weighted by Crippen LogP contribution is -2.02. The summed E-state index contributed by atoms with van der Waals surface area (Å²) in [6.07, 6.45) is 2.65. The molecule has 1 aromatic heterocycles. The maximum absolute atomic E-state index is 5.80. The van der Waals surface area contributed by atoms with Gasteiger partial charge in [-0.3, -0.25) is 0 Å². The van der Waals surface area contributed by atoms with Crippen LogP contribution in [0.15, 0.2) is 24.3 Å². The molecule has 2 aromatic rings. The summed E-state index contributed by atoms with van der Waals surface area (Å²) in [5.74, 6) is 0. The molecule has 1 saturated carbocycles. The Bertz CT molecular complexity index is 506. The summed E-state index contributed by atoms with van der Waals surface area (Å²) in [5.41, 5.74) is 9.80. The van der Waals surface area contributed by atoms with Crippen LogP contribution in [-0.2, 0) is 6.54 Å². The van der Waals surface area contributed by atoms with Gasteiger partial charge in [-0.2, -0.15) is 0 Å². The molecule has 0 aliphatic heterocycles. The summed E-state index contributed by atoms with van der Waals surface area (Å²) >= 11 is 0. The average molecular weight is 200 g/mol. The Morgan fingerprint density at radius 2 is 2.20 bits per heavy atom. The Hall–Kier alpha value is -1.28. The summed E-state index contributed by atoms with van der Waals surface area (Å²) in [6.45, 7) is 2.83. The van der Waals surface area contributed by atoms with Crippen molar-refractivity contribution in [2.24, 2.45) is 5.73 Å². The second-order valence-corrected chi connectivity index (χ2v) is 4.45. The Morgan fingerprint density at radius 1 is 1.40 bits per heavy atom. The van der Waals surface area contributed by atoms with E-state index in [9.17, 15) is 0 Å². The molecule has 1 aromatic carbocycles. The summed E-state index contributed by atoms with van der Waals surface area (Å²) in [5, 5.41) is 1.34. The summed E-state index contributed by atoms with van der Waals surface area (Å²) < 4.78 is 2.47. The van der Waals surface area contributed by atoms with Gasteiger partial charge in [0.05, 0.1) is 5.52 Å². The molecule has 0 atom stereocenters. The number of fused-ring (bicyclic) bond motifs is 1. The molecular formula is C13H16N2. The topological polar surface area (TPSA) is 30.9 Å². The highest BCUT2D eigenvalue weighted by atomic mass is 15.1. The van der Waals surface area contributed by atoms with Crippen molar-refractivity contribution in [1.29, 1.82) is 0 Å². The van der Waals surface area contributed by atoms with E-state index >= 15 is 0 Å². The van der Waals surface area contributed by atoms with Gasteiger partial charge in [-0.1, -0.05) is 18.2 Å². The number of aryl methyl sites for hydroxylation is 1. The summed E-state index contributed by atoms with van der Waals surface area (Å²) in [7, 11) is 0. The molecule has 15 heavy (non-hydrogen) atoms. The highest BCUT2D eigenvalue weighted by Gasteiger charge is 2.26. The van der Waals surface area contributed by atoms with Crippen molar-refractivity contribution in [3.05, 3.63) is 35.5 Å². The molecule has 0 bridgehead atoms. The fourth-order valence-corrected chi connectivity index (χ4v) is 2.46. The van der Waals surface area contributed by atoms with E-state index in [1.54, 1.807) is 0 Å². The zero-order valence-electron chi connectivity index (χ0n) is 9.03. The third-order valence-corrected chi connectivity index (χ3v) is 3.27. The van der Waals surface area contributed by atoms with E-state index in [1.165, 1.54) is 35.0 Å². The molecule has 0 unspecified atom stereocenters. The molecule has 1 fully saturated rings. The lowest BCUT2D eigenvalue weighted by molar-refractivity contribution is 0.745. The van der Waals surface area contributed by atoms with Crippen molar-refractivity contribution < 1.29 is 0 Å². The smallest absolute Gasteiger partial charge is 0.0530 e. The quantitative estimate of drug-likeness (QED) is 0.794. The zero-order chi connectivity index (χ0) is 10.4. The van der Waals surface area contributed by atoms with Gasteiger partial charge >= 0.3 is 0 Å². The molecule has 2 nitrogen and oxygen atoms in total. The first-order chi connectivity index (χ1) is 7.31. The van der Waals surface area contributed by atoms with E-state index in [-0.39, 0.29) is 0 Å². The van der Waals surface area contributed by atoms with E-state index in [1.807, 2.05) is 0 Å². The van der Waals surface area contributed by atoms with Crippen molar-refractivity contribution in [3.8, 4) is 0 Å². The standard InChI is InChI=1S/C13H16N2/c1-9-7-10-3-2-4-11(8-14)13(10)15(9)12-5-6-12/h2-4,7,12H,5-6,8,14H2,1H3. The molecule has 78 valence electrons. The van der Waals surface area contributed by atoms with Gasteiger partial charge in [0.1, 0.15) is 0 Å². The highest BCUT2D eigenvalue weighted by Crippen LogP contribution is 2.40. The van der Waals surface area contributed by atoms with Gasteiger partial charge in [0.2, 0.25) is 0 Å². The van der Waals surface area contributed by atoms with Gasteiger partial charge in [-0.25, -0.2) is 0 Å². The molecule has 2 N–H and O–H groups in total.